The number of carbonyl (C=O) groups is 6. The van der Waals surface area contributed by atoms with Gasteiger partial charge in [0.25, 0.3) is 33.7 Å². The Balaban J connectivity index is 0.000000271. The number of carboxylic acids is 2. The van der Waals surface area contributed by atoms with E-state index in [9.17, 15) is 47.4 Å². The number of anilines is 2. The van der Waals surface area contributed by atoms with Crippen molar-refractivity contribution >= 4 is 124 Å². The van der Waals surface area contributed by atoms with E-state index in [0.717, 1.165) is 32.5 Å². The highest BCUT2D eigenvalue weighted by Gasteiger charge is 2.55. The summed E-state index contributed by atoms with van der Waals surface area (Å²) in [4.78, 5) is 82.3. The van der Waals surface area contributed by atoms with Crippen molar-refractivity contribution in [3.05, 3.63) is 70.0 Å². The van der Waals surface area contributed by atoms with Gasteiger partial charge in [-0.15, -0.1) is 46.2 Å². The maximum atomic E-state index is 12.4. The largest absolute Gasteiger partial charge is 0.477 e. The fourth-order valence-electron chi connectivity index (χ4n) is 5.24. The highest BCUT2D eigenvalue weighted by molar-refractivity contribution is 8.00. The Labute approximate surface area is 364 Å². The highest BCUT2D eigenvalue weighted by atomic mass is 32.3. The van der Waals surface area contributed by atoms with Crippen molar-refractivity contribution in [2.75, 3.05) is 29.2 Å². The molecule has 0 unspecified atom stereocenters. The third-order valence-corrected chi connectivity index (χ3v) is 11.6. The predicted molar refractivity (Wildman–Crippen MR) is 221 cm³/mol. The van der Waals surface area contributed by atoms with E-state index in [1.54, 1.807) is 0 Å². The molecule has 0 spiro atoms. The number of aromatic nitrogens is 2. The number of aliphatic carboxylic acids is 2. The van der Waals surface area contributed by atoms with Crippen LogP contribution in [0.4, 0.5) is 10.3 Å². The lowest BCUT2D eigenvalue weighted by Gasteiger charge is -2.49. The quantitative estimate of drug-likeness (QED) is 0.0424. The number of hydrogen-bond acceptors (Lipinski definition) is 22. The maximum Gasteiger partial charge on any atom is 0.394 e. The first-order chi connectivity index (χ1) is 28.8. The number of nitrogens with zero attached hydrogens (tertiary/aromatic N) is 6. The fraction of sp³-hybridized carbons (Fsp3) is 0.241. The van der Waals surface area contributed by atoms with Gasteiger partial charge in [-0.05, 0) is 11.1 Å². The van der Waals surface area contributed by atoms with E-state index in [4.69, 9.17) is 44.0 Å². The van der Waals surface area contributed by atoms with Crippen molar-refractivity contribution in [1.82, 2.24) is 30.4 Å². The Morgan fingerprint density at radius 3 is 1.29 bits per heavy atom. The van der Waals surface area contributed by atoms with Crippen LogP contribution in [0, 0.1) is 0 Å². The second kappa shape index (κ2) is 20.8. The van der Waals surface area contributed by atoms with Crippen LogP contribution in [0.3, 0.4) is 0 Å². The molecule has 33 heteroatoms. The summed E-state index contributed by atoms with van der Waals surface area (Å²) in [7, 11) is -8.33. The molecule has 0 aliphatic carbocycles. The zero-order valence-corrected chi connectivity index (χ0v) is 35.8. The molecule has 0 aromatic carbocycles. The number of nitrogens with one attached hydrogen (secondary N) is 2. The predicted octanol–water partition coefficient (Wildman–Crippen LogP) is -1.49. The van der Waals surface area contributed by atoms with E-state index in [0.29, 0.717) is 28.9 Å². The van der Waals surface area contributed by atoms with Crippen LogP contribution in [0.2, 0.25) is 0 Å². The molecule has 4 amide bonds. The highest BCUT2D eigenvalue weighted by Crippen LogP contribution is 2.41. The monoisotopic (exact) mass is 984 g/mol. The van der Waals surface area contributed by atoms with Crippen LogP contribution in [-0.2, 0) is 49.3 Å². The van der Waals surface area contributed by atoms with E-state index in [-0.39, 0.29) is 44.5 Å². The first kappa shape index (κ1) is 50.4. The van der Waals surface area contributed by atoms with Crippen molar-refractivity contribution in [3.63, 3.8) is 0 Å². The summed E-state index contributed by atoms with van der Waals surface area (Å²) in [5.74, 6) is -4.55. The molecule has 4 aliphatic heterocycles. The molecule has 0 radical (unpaired) electrons. The molecular formula is C29H32N10O17S6. The Kier molecular flexibility index (Phi) is 16.9. The number of thiazole rings is 2. The van der Waals surface area contributed by atoms with Crippen LogP contribution in [0.5, 0.6) is 0 Å². The Morgan fingerprint density at radius 1 is 0.758 bits per heavy atom. The van der Waals surface area contributed by atoms with E-state index in [1.807, 2.05) is 0 Å². The lowest BCUT2D eigenvalue weighted by molar-refractivity contribution is -0.150. The van der Waals surface area contributed by atoms with Crippen molar-refractivity contribution in [2.24, 2.45) is 10.3 Å². The smallest absolute Gasteiger partial charge is 0.394 e. The second-order valence-electron chi connectivity index (χ2n) is 11.7. The molecule has 336 valence electrons. The van der Waals surface area contributed by atoms with Crippen LogP contribution in [0.1, 0.15) is 11.4 Å². The third kappa shape index (κ3) is 12.6. The van der Waals surface area contributed by atoms with Gasteiger partial charge in [0.05, 0.1) is 6.26 Å². The third-order valence-electron chi connectivity index (χ3n) is 7.63. The number of rotatable bonds is 10. The molecule has 2 fully saturated rings. The molecule has 0 saturated carbocycles. The summed E-state index contributed by atoms with van der Waals surface area (Å²) in [6, 6.07) is -1.89. The van der Waals surface area contributed by atoms with E-state index in [2.05, 4.69) is 44.1 Å². The summed E-state index contributed by atoms with van der Waals surface area (Å²) < 4.78 is 57.5. The molecule has 6 heterocycles. The Bertz CT molecular complexity index is 2340. The topological polar surface area (TPSA) is 445 Å². The molecule has 2 aromatic rings. The average Bonchev–Trinajstić information content (AvgIpc) is 3.81. The average molecular weight is 985 g/mol. The van der Waals surface area contributed by atoms with Crippen LogP contribution in [0.15, 0.2) is 68.9 Å². The summed E-state index contributed by atoms with van der Waals surface area (Å²) in [6.45, 7) is 7.12. The lowest BCUT2D eigenvalue weighted by atomic mass is 10.0. The van der Waals surface area contributed by atoms with Gasteiger partial charge in [0.1, 0.15) is 45.6 Å². The zero-order valence-electron chi connectivity index (χ0n) is 30.9. The van der Waals surface area contributed by atoms with Gasteiger partial charge in [0, 0.05) is 22.3 Å². The summed E-state index contributed by atoms with van der Waals surface area (Å²) >= 11 is 4.73. The standard InChI is InChI=1S/2C14H13N5O5S2.CH4O3S.H2O4S/c2*1-2-5-3-25-12-8(11(21)19(12)9(5)13(22)23)17-10(20)7(18-24)6-4-26-14(15)16-6;2*1-5(2,3)4/h2*2,4,8,12,24H,1,3H2,(H2,15,16)(H,17,20)(H,22,23);1H3,(H,2,3,4);(H2,1,2,3,4)/b2*18-7-;;/t2*8-,12-;;/m11../s1. The van der Waals surface area contributed by atoms with Gasteiger partial charge in [-0.1, -0.05) is 35.6 Å². The van der Waals surface area contributed by atoms with Crippen molar-refractivity contribution in [3.8, 4) is 0 Å². The number of amides is 4. The van der Waals surface area contributed by atoms with Crippen molar-refractivity contribution in [2.45, 2.75) is 22.8 Å². The minimum atomic E-state index is -4.67. The molecule has 6 rings (SSSR count). The number of hydrogen-bond donors (Lipinski definition) is 11. The van der Waals surface area contributed by atoms with Crippen LogP contribution in [-0.4, -0.2) is 158 Å². The maximum absolute atomic E-state index is 12.4. The number of nitrogens with two attached hydrogens (primary N) is 2. The normalized spacial score (nSPS) is 20.8. The summed E-state index contributed by atoms with van der Waals surface area (Å²) in [6.07, 6.45) is 3.51. The lowest BCUT2D eigenvalue weighted by Crippen LogP contribution is -2.71. The molecule has 2 saturated heterocycles. The van der Waals surface area contributed by atoms with E-state index >= 15 is 0 Å². The molecule has 13 N–H and O–H groups in total. The van der Waals surface area contributed by atoms with Crippen LogP contribution >= 0.6 is 46.2 Å². The number of fused-ring (bicyclic) bond motifs is 2. The van der Waals surface area contributed by atoms with Gasteiger partial charge < -0.3 is 42.7 Å². The number of carbonyl (C=O) groups excluding carboxylic acids is 4. The van der Waals surface area contributed by atoms with Gasteiger partial charge in [-0.2, -0.15) is 16.8 Å². The van der Waals surface area contributed by atoms with Crippen LogP contribution < -0.4 is 22.1 Å². The molecular weight excluding hydrogens is 953 g/mol. The molecule has 62 heavy (non-hydrogen) atoms. The van der Waals surface area contributed by atoms with Gasteiger partial charge in [-0.3, -0.25) is 42.6 Å². The van der Waals surface area contributed by atoms with Crippen molar-refractivity contribution in [1.29, 1.82) is 0 Å². The van der Waals surface area contributed by atoms with E-state index < -0.39 is 78.9 Å². The number of nitrogen functional groups attached to an aromatic ring is 2. The number of carboxylic acid groups (broad SMARTS) is 2. The Morgan fingerprint density at radius 2 is 1.06 bits per heavy atom. The summed E-state index contributed by atoms with van der Waals surface area (Å²) in [5, 5.41) is 49.8. The zero-order chi connectivity index (χ0) is 47.0. The number of β-lactam (4-membered cyclic amide) rings is 2. The first-order valence-electron chi connectivity index (χ1n) is 16.0. The Hall–Kier alpha value is -5.94. The molecule has 4 atom stereocenters. The molecule has 27 nitrogen and oxygen atoms in total. The van der Waals surface area contributed by atoms with Gasteiger partial charge in [0.15, 0.2) is 21.7 Å². The van der Waals surface area contributed by atoms with Gasteiger partial charge in [-0.25, -0.2) is 19.6 Å². The number of allylic oxidation sites excluding steroid dienone is 2. The SMILES string of the molecule is C=CC1=C(C(=O)O)N2C(=O)[C@@H](NC(=O)/C(=N\O)c3csc(N)n3)[C@H]2SC1.C=CC1=C(C(=O)O)N2C(=O)[C@@H](NC(=O)/C(=N\O)c3csc(N)n3)[C@H]2SC1.CS(=O)(=O)O.O=S(=O)(O)O. The van der Waals surface area contributed by atoms with Gasteiger partial charge >= 0.3 is 22.3 Å². The number of thioether (sulfide) groups is 2. The molecule has 4 aliphatic rings. The van der Waals surface area contributed by atoms with E-state index in [1.165, 1.54) is 46.4 Å². The fourth-order valence-corrected chi connectivity index (χ4v) is 9.01. The first-order valence-corrected chi connectivity index (χ1v) is 23.1. The van der Waals surface area contributed by atoms with Crippen LogP contribution in [0.25, 0.3) is 0 Å². The minimum absolute atomic E-state index is 0.0764. The minimum Gasteiger partial charge on any atom is -0.477 e. The molecule has 0 bridgehead atoms. The second-order valence-corrected chi connectivity index (χ2v) is 18.1. The summed E-state index contributed by atoms with van der Waals surface area (Å²) in [5.41, 5.74) is 11.0. The van der Waals surface area contributed by atoms with Crippen molar-refractivity contribution < 1.29 is 79.9 Å². The number of oxime groups is 2. The van der Waals surface area contributed by atoms with Gasteiger partial charge in [0.2, 0.25) is 0 Å². The molecule has 2 aromatic heterocycles.